The molecule has 2 amide bonds. The SMILES string of the molecule is O=C([O-])c1ccc(Oc2ccc(S(=O)(=O)c3ccc4c(c3)C(=O)N(c3cccc(C(=O)[O-])c3)C4=O)cc2)cc1. The Kier molecular flexibility index (Phi) is 6.21. The Morgan fingerprint density at radius 3 is 1.82 bits per heavy atom. The molecule has 194 valence electrons. The number of benzene rings is 4. The number of ether oxygens (including phenoxy) is 1. The second-order valence-electron chi connectivity index (χ2n) is 8.38. The molecule has 0 atom stereocenters. The van der Waals surface area contributed by atoms with Gasteiger partial charge < -0.3 is 24.5 Å². The first-order valence-electron chi connectivity index (χ1n) is 11.2. The highest BCUT2D eigenvalue weighted by Gasteiger charge is 2.38. The number of carbonyl (C=O) groups is 4. The summed E-state index contributed by atoms with van der Waals surface area (Å²) in [7, 11) is -4.10. The Bertz CT molecular complexity index is 1780. The lowest BCUT2D eigenvalue weighted by molar-refractivity contribution is -0.256. The van der Waals surface area contributed by atoms with E-state index in [2.05, 4.69) is 0 Å². The third-order valence-corrected chi connectivity index (χ3v) is 7.74. The van der Waals surface area contributed by atoms with Crippen LogP contribution < -0.4 is 19.8 Å². The highest BCUT2D eigenvalue weighted by atomic mass is 32.2. The minimum atomic E-state index is -4.10. The quantitative estimate of drug-likeness (QED) is 0.318. The third-order valence-electron chi connectivity index (χ3n) is 5.97. The van der Waals surface area contributed by atoms with E-state index in [1.165, 1.54) is 78.9 Å². The van der Waals surface area contributed by atoms with Crippen LogP contribution in [-0.4, -0.2) is 32.2 Å². The predicted octanol–water partition coefficient (Wildman–Crippen LogP) is 1.84. The minimum Gasteiger partial charge on any atom is -0.545 e. The molecule has 0 fully saturated rings. The van der Waals surface area contributed by atoms with E-state index in [0.29, 0.717) is 11.5 Å². The zero-order valence-corrected chi connectivity index (χ0v) is 20.5. The van der Waals surface area contributed by atoms with Crippen molar-refractivity contribution in [3.05, 3.63) is 113 Å². The molecule has 0 bridgehead atoms. The molecule has 1 aliphatic heterocycles. The molecule has 0 saturated heterocycles. The van der Waals surface area contributed by atoms with Crippen LogP contribution in [0.2, 0.25) is 0 Å². The average molecular weight is 541 g/mol. The zero-order chi connectivity index (χ0) is 27.9. The van der Waals surface area contributed by atoms with Gasteiger partial charge in [0.2, 0.25) is 9.84 Å². The predicted molar refractivity (Wildman–Crippen MR) is 131 cm³/mol. The molecule has 4 aromatic rings. The monoisotopic (exact) mass is 541 g/mol. The maximum Gasteiger partial charge on any atom is 0.266 e. The van der Waals surface area contributed by atoms with Gasteiger partial charge in [-0.15, -0.1) is 0 Å². The van der Waals surface area contributed by atoms with E-state index in [9.17, 15) is 37.8 Å². The Hall–Kier alpha value is -5.29. The standard InChI is InChI=1S/C28H17NO9S/c30-25-23-13-12-22(15-24(23)26(31)29(25)18-3-1-2-17(14-18)28(34)35)39(36,37)21-10-8-20(9-11-21)38-19-6-4-16(5-7-19)27(32)33/h1-15H,(H,32,33)(H,34,35)/p-2. The molecule has 0 N–H and O–H groups in total. The number of hydrogen-bond donors (Lipinski definition) is 0. The molecule has 0 radical (unpaired) electrons. The molecule has 39 heavy (non-hydrogen) atoms. The number of amides is 2. The van der Waals surface area contributed by atoms with Gasteiger partial charge >= 0.3 is 0 Å². The van der Waals surface area contributed by atoms with Crippen molar-refractivity contribution in [2.45, 2.75) is 9.79 Å². The van der Waals surface area contributed by atoms with Crippen molar-refractivity contribution in [2.24, 2.45) is 0 Å². The number of carbonyl (C=O) groups excluding carboxylic acids is 4. The van der Waals surface area contributed by atoms with Crippen LogP contribution in [0.25, 0.3) is 0 Å². The molecule has 0 unspecified atom stereocenters. The molecule has 0 spiro atoms. The molecule has 5 rings (SSSR count). The fourth-order valence-electron chi connectivity index (χ4n) is 4.01. The molecule has 0 saturated carbocycles. The summed E-state index contributed by atoms with van der Waals surface area (Å²) >= 11 is 0. The molecule has 10 nitrogen and oxygen atoms in total. The van der Waals surface area contributed by atoms with Crippen LogP contribution in [0.1, 0.15) is 41.4 Å². The van der Waals surface area contributed by atoms with E-state index in [0.717, 1.165) is 17.0 Å². The van der Waals surface area contributed by atoms with E-state index < -0.39 is 33.6 Å². The van der Waals surface area contributed by atoms with Gasteiger partial charge in [-0.2, -0.15) is 0 Å². The van der Waals surface area contributed by atoms with E-state index in [1.54, 1.807) is 0 Å². The summed E-state index contributed by atoms with van der Waals surface area (Å²) in [4.78, 5) is 48.5. The van der Waals surface area contributed by atoms with Gasteiger partial charge in [0, 0.05) is 0 Å². The summed E-state index contributed by atoms with van der Waals surface area (Å²) in [5.74, 6) is -3.70. The van der Waals surface area contributed by atoms with Gasteiger partial charge in [0.15, 0.2) is 0 Å². The second kappa shape index (κ2) is 9.54. The van der Waals surface area contributed by atoms with E-state index in [1.807, 2.05) is 0 Å². The van der Waals surface area contributed by atoms with E-state index in [-0.39, 0.29) is 37.7 Å². The molecule has 1 heterocycles. The molecule has 0 aliphatic carbocycles. The van der Waals surface area contributed by atoms with Crippen molar-refractivity contribution in [2.75, 3.05) is 4.90 Å². The first kappa shape index (κ1) is 25.4. The third kappa shape index (κ3) is 4.62. The van der Waals surface area contributed by atoms with Crippen molar-refractivity contribution >= 4 is 39.3 Å². The van der Waals surface area contributed by atoms with Gasteiger partial charge in [-0.1, -0.05) is 12.1 Å². The second-order valence-corrected chi connectivity index (χ2v) is 10.3. The van der Waals surface area contributed by atoms with Crippen LogP contribution in [0, 0.1) is 0 Å². The number of nitrogens with zero attached hydrogens (tertiary/aromatic N) is 1. The van der Waals surface area contributed by atoms with Gasteiger partial charge in [-0.3, -0.25) is 9.59 Å². The van der Waals surface area contributed by atoms with Gasteiger partial charge in [-0.05, 0) is 90.0 Å². The lowest BCUT2D eigenvalue weighted by atomic mass is 10.1. The van der Waals surface area contributed by atoms with Crippen LogP contribution in [0.15, 0.2) is 101 Å². The topological polar surface area (TPSA) is 161 Å². The number of carboxylic acid groups (broad SMARTS) is 2. The molecule has 11 heteroatoms. The fourth-order valence-corrected chi connectivity index (χ4v) is 5.30. The number of imide groups is 1. The van der Waals surface area contributed by atoms with Crippen molar-refractivity contribution in [3.8, 4) is 11.5 Å². The first-order chi connectivity index (χ1) is 18.6. The summed E-state index contributed by atoms with van der Waals surface area (Å²) < 4.78 is 32.2. The normalized spacial score (nSPS) is 12.8. The zero-order valence-electron chi connectivity index (χ0n) is 19.7. The number of fused-ring (bicyclic) bond motifs is 1. The van der Waals surface area contributed by atoms with Gasteiger partial charge in [-0.25, -0.2) is 13.3 Å². The maximum absolute atomic E-state index is 13.3. The fraction of sp³-hybridized carbons (Fsp3) is 0. The summed E-state index contributed by atoms with van der Waals surface area (Å²) in [6, 6.07) is 19.6. The minimum absolute atomic E-state index is 0.0113. The van der Waals surface area contributed by atoms with Crippen molar-refractivity contribution < 1.29 is 42.5 Å². The van der Waals surface area contributed by atoms with Crippen LogP contribution in [-0.2, 0) is 9.84 Å². The van der Waals surface area contributed by atoms with Crippen molar-refractivity contribution in [1.82, 2.24) is 0 Å². The lowest BCUT2D eigenvalue weighted by Crippen LogP contribution is -2.30. The van der Waals surface area contributed by atoms with E-state index >= 15 is 0 Å². The number of anilines is 1. The largest absolute Gasteiger partial charge is 0.545 e. The number of rotatable bonds is 7. The summed E-state index contributed by atoms with van der Waals surface area (Å²) in [6.45, 7) is 0. The number of hydrogen-bond acceptors (Lipinski definition) is 9. The first-order valence-corrected chi connectivity index (χ1v) is 12.7. The Balaban J connectivity index is 1.40. The molecule has 0 aromatic heterocycles. The summed E-state index contributed by atoms with van der Waals surface area (Å²) in [6.07, 6.45) is 0. The highest BCUT2D eigenvalue weighted by molar-refractivity contribution is 7.91. The average Bonchev–Trinajstić information content (AvgIpc) is 3.18. The molecule has 1 aliphatic rings. The number of sulfone groups is 1. The lowest BCUT2D eigenvalue weighted by Gasteiger charge is -2.15. The van der Waals surface area contributed by atoms with Crippen LogP contribution in [0.3, 0.4) is 0 Å². The smallest absolute Gasteiger partial charge is 0.266 e. The van der Waals surface area contributed by atoms with Crippen molar-refractivity contribution in [1.29, 1.82) is 0 Å². The van der Waals surface area contributed by atoms with Crippen LogP contribution in [0.4, 0.5) is 5.69 Å². The highest BCUT2D eigenvalue weighted by Crippen LogP contribution is 2.32. The van der Waals surface area contributed by atoms with E-state index in [4.69, 9.17) is 4.74 Å². The molecular formula is C28H15NO9S-2. The molecule has 4 aromatic carbocycles. The van der Waals surface area contributed by atoms with Crippen LogP contribution in [0.5, 0.6) is 11.5 Å². The van der Waals surface area contributed by atoms with Gasteiger partial charge in [0.25, 0.3) is 11.8 Å². The summed E-state index contributed by atoms with van der Waals surface area (Å²) in [5, 5.41) is 22.1. The summed E-state index contributed by atoms with van der Waals surface area (Å²) in [5.41, 5.74) is -0.398. The number of aromatic carboxylic acids is 2. The van der Waals surface area contributed by atoms with Gasteiger partial charge in [0.05, 0.1) is 38.5 Å². The van der Waals surface area contributed by atoms with Gasteiger partial charge in [0.1, 0.15) is 11.5 Å². The maximum atomic E-state index is 13.3. The molecular weight excluding hydrogens is 526 g/mol. The Labute approximate surface area is 221 Å². The van der Waals surface area contributed by atoms with Crippen molar-refractivity contribution in [3.63, 3.8) is 0 Å². The Morgan fingerprint density at radius 2 is 1.21 bits per heavy atom. The number of carboxylic acids is 2. The van der Waals surface area contributed by atoms with Crippen LogP contribution >= 0.6 is 0 Å². The Morgan fingerprint density at radius 1 is 0.641 bits per heavy atom.